The quantitative estimate of drug-likeness (QED) is 0.402. The molecule has 0 aliphatic heterocycles. The number of nitrogens with two attached hydrogens (primary N) is 1. The van der Waals surface area contributed by atoms with E-state index in [1.807, 2.05) is 81.4 Å². The number of ether oxygens (including phenoxy) is 2. The van der Waals surface area contributed by atoms with Crippen LogP contribution in [0.1, 0.15) is 37.5 Å². The van der Waals surface area contributed by atoms with Gasteiger partial charge in [-0.1, -0.05) is 41.9 Å². The van der Waals surface area contributed by atoms with E-state index in [9.17, 15) is 4.21 Å². The summed E-state index contributed by atoms with van der Waals surface area (Å²) in [6, 6.07) is 17.7. The first-order valence-corrected chi connectivity index (χ1v) is 12.6. The van der Waals surface area contributed by atoms with E-state index in [0.717, 1.165) is 28.2 Å². The fraction of sp³-hybridized carbons (Fsp3) is 0.308. The van der Waals surface area contributed by atoms with Gasteiger partial charge < -0.3 is 14.4 Å². The average Bonchev–Trinajstić information content (AvgIpc) is 2.84. The highest BCUT2D eigenvalue weighted by Gasteiger charge is 2.22. The molecule has 0 radical (unpaired) electrons. The molecule has 0 saturated heterocycles. The molecule has 3 aromatic rings. The molecular weight excluding hydrogens is 484 g/mol. The Kier molecular flexibility index (Phi) is 8.88. The van der Waals surface area contributed by atoms with Crippen molar-refractivity contribution in [3.8, 4) is 11.5 Å². The molecule has 7 nitrogen and oxygen atoms in total. The van der Waals surface area contributed by atoms with Crippen LogP contribution in [0.5, 0.6) is 11.5 Å². The Morgan fingerprint density at radius 2 is 1.49 bits per heavy atom. The minimum atomic E-state index is -1.54. The molecule has 0 fully saturated rings. The van der Waals surface area contributed by atoms with Gasteiger partial charge in [0, 0.05) is 18.7 Å². The van der Waals surface area contributed by atoms with Gasteiger partial charge in [-0.15, -0.1) is 10.2 Å². The number of aromatic nitrogens is 2. The number of nitrogens with zero attached hydrogens (tertiary/aromatic N) is 3. The van der Waals surface area contributed by atoms with Crippen LogP contribution in [-0.4, -0.2) is 33.4 Å². The summed E-state index contributed by atoms with van der Waals surface area (Å²) >= 11 is 6.42. The third-order valence-electron chi connectivity index (χ3n) is 5.63. The SMILES string of the molecule is COc1ccc(CN(Cc2ccc(OC)cc2)c2cc(C(C)=CC(C)(C)S(N)=O)c(Cl)nn2)cc1. The van der Waals surface area contributed by atoms with Gasteiger partial charge in [0.25, 0.3) is 0 Å². The predicted molar refractivity (Wildman–Crippen MR) is 143 cm³/mol. The fourth-order valence-electron chi connectivity index (χ4n) is 3.58. The van der Waals surface area contributed by atoms with E-state index in [4.69, 9.17) is 26.2 Å². The van der Waals surface area contributed by atoms with Gasteiger partial charge in [-0.05, 0) is 67.8 Å². The third kappa shape index (κ3) is 7.04. The Bertz CT molecular complexity index is 1150. The van der Waals surface area contributed by atoms with Gasteiger partial charge in [0.2, 0.25) is 0 Å². The molecule has 0 spiro atoms. The minimum absolute atomic E-state index is 0.273. The van der Waals surface area contributed by atoms with E-state index in [2.05, 4.69) is 15.1 Å². The summed E-state index contributed by atoms with van der Waals surface area (Å²) in [4.78, 5) is 2.12. The molecular formula is C26H31ClN4O3S. The highest BCUT2D eigenvalue weighted by molar-refractivity contribution is 7.84. The summed E-state index contributed by atoms with van der Waals surface area (Å²) in [6.07, 6.45) is 1.85. The van der Waals surface area contributed by atoms with Gasteiger partial charge in [-0.2, -0.15) is 0 Å². The lowest BCUT2D eigenvalue weighted by Crippen LogP contribution is -2.29. The smallest absolute Gasteiger partial charge is 0.159 e. The zero-order chi connectivity index (χ0) is 25.6. The van der Waals surface area contributed by atoms with Crippen LogP contribution < -0.4 is 19.5 Å². The molecule has 3 rings (SSSR count). The number of hydrogen-bond donors (Lipinski definition) is 1. The third-order valence-corrected chi connectivity index (χ3v) is 7.07. The number of allylic oxidation sites excluding steroid dienone is 1. The van der Waals surface area contributed by atoms with Gasteiger partial charge >= 0.3 is 0 Å². The first kappa shape index (κ1) is 26.7. The molecule has 9 heteroatoms. The molecule has 1 unspecified atom stereocenters. The van der Waals surface area contributed by atoms with Crippen LogP contribution >= 0.6 is 11.6 Å². The maximum Gasteiger partial charge on any atom is 0.159 e. The van der Waals surface area contributed by atoms with Crippen molar-refractivity contribution in [2.24, 2.45) is 5.14 Å². The molecule has 35 heavy (non-hydrogen) atoms. The second-order valence-corrected chi connectivity index (χ2v) is 10.7. The molecule has 0 amide bonds. The molecule has 2 aromatic carbocycles. The first-order chi connectivity index (χ1) is 16.6. The van der Waals surface area contributed by atoms with E-state index in [1.54, 1.807) is 14.2 Å². The van der Waals surface area contributed by atoms with Crippen LogP contribution in [0.15, 0.2) is 60.7 Å². The number of benzene rings is 2. The van der Waals surface area contributed by atoms with E-state index in [-0.39, 0.29) is 5.15 Å². The largest absolute Gasteiger partial charge is 0.497 e. The summed E-state index contributed by atoms with van der Waals surface area (Å²) in [6.45, 7) is 6.71. The number of hydrogen-bond acceptors (Lipinski definition) is 6. The van der Waals surface area contributed by atoms with Crippen LogP contribution in [0.25, 0.3) is 5.57 Å². The van der Waals surface area contributed by atoms with Gasteiger partial charge in [-0.25, -0.2) is 4.21 Å². The molecule has 1 aromatic heterocycles. The fourth-order valence-corrected chi connectivity index (χ4v) is 4.11. The Hall–Kier alpha value is -2.94. The summed E-state index contributed by atoms with van der Waals surface area (Å²) in [5.74, 6) is 2.25. The lowest BCUT2D eigenvalue weighted by atomic mass is 10.0. The standard InChI is InChI=1S/C26H31ClN4O3S/c1-18(15-26(2,3)35(28)32)23-14-24(29-30-25(23)27)31(16-19-6-10-21(33-4)11-7-19)17-20-8-12-22(34-5)13-9-20/h6-15H,16-17,28H2,1-5H3. The Balaban J connectivity index is 2.00. The summed E-state index contributed by atoms with van der Waals surface area (Å²) in [5.41, 5.74) is 3.71. The van der Waals surface area contributed by atoms with Gasteiger partial charge in [-0.3, -0.25) is 5.14 Å². The van der Waals surface area contributed by atoms with Crippen molar-refractivity contribution in [2.45, 2.75) is 38.6 Å². The van der Waals surface area contributed by atoms with Crippen LogP contribution in [0.4, 0.5) is 5.82 Å². The van der Waals surface area contributed by atoms with E-state index < -0.39 is 15.7 Å². The zero-order valence-corrected chi connectivity index (χ0v) is 22.2. The van der Waals surface area contributed by atoms with Gasteiger partial charge in [0.15, 0.2) is 11.0 Å². The van der Waals surface area contributed by atoms with Crippen molar-refractivity contribution in [1.29, 1.82) is 0 Å². The topological polar surface area (TPSA) is 90.6 Å². The number of methoxy groups -OCH3 is 2. The van der Waals surface area contributed by atoms with Crippen LogP contribution in [0, 0.1) is 0 Å². The highest BCUT2D eigenvalue weighted by Crippen LogP contribution is 2.29. The average molecular weight is 515 g/mol. The maximum atomic E-state index is 11.9. The second kappa shape index (κ2) is 11.7. The van der Waals surface area contributed by atoms with Crippen molar-refractivity contribution in [1.82, 2.24) is 10.2 Å². The monoisotopic (exact) mass is 514 g/mol. The minimum Gasteiger partial charge on any atom is -0.497 e. The summed E-state index contributed by atoms with van der Waals surface area (Å²) in [5, 5.41) is 14.6. The maximum absolute atomic E-state index is 11.9. The van der Waals surface area contributed by atoms with Crippen molar-refractivity contribution < 1.29 is 13.7 Å². The molecule has 0 aliphatic rings. The number of anilines is 1. The Labute approximate surface area is 214 Å². The lowest BCUT2D eigenvalue weighted by molar-refractivity contribution is 0.414. The van der Waals surface area contributed by atoms with Gasteiger partial charge in [0.1, 0.15) is 11.5 Å². The highest BCUT2D eigenvalue weighted by atomic mass is 35.5. The second-order valence-electron chi connectivity index (χ2n) is 8.69. The molecule has 0 aliphatic carbocycles. The Morgan fingerprint density at radius 1 is 1.00 bits per heavy atom. The predicted octanol–water partition coefficient (Wildman–Crippen LogP) is 5.16. The summed E-state index contributed by atoms with van der Waals surface area (Å²) < 4.78 is 21.8. The van der Waals surface area contributed by atoms with Crippen molar-refractivity contribution in [3.63, 3.8) is 0 Å². The van der Waals surface area contributed by atoms with Crippen LogP contribution in [0.2, 0.25) is 5.15 Å². The molecule has 0 saturated carbocycles. The molecule has 1 heterocycles. The number of halogens is 1. The van der Waals surface area contributed by atoms with Crippen molar-refractivity contribution in [2.75, 3.05) is 19.1 Å². The zero-order valence-electron chi connectivity index (χ0n) is 20.6. The van der Waals surface area contributed by atoms with Crippen LogP contribution in [-0.2, 0) is 24.1 Å². The molecule has 186 valence electrons. The summed E-state index contributed by atoms with van der Waals surface area (Å²) in [7, 11) is 1.76. The van der Waals surface area contributed by atoms with E-state index in [0.29, 0.717) is 24.5 Å². The normalized spacial score (nSPS) is 12.8. The van der Waals surface area contributed by atoms with Gasteiger partial charge in [0.05, 0.1) is 30.0 Å². The van der Waals surface area contributed by atoms with Crippen molar-refractivity contribution in [3.05, 3.63) is 82.5 Å². The Morgan fingerprint density at radius 3 is 1.91 bits per heavy atom. The van der Waals surface area contributed by atoms with E-state index in [1.165, 1.54) is 0 Å². The van der Waals surface area contributed by atoms with Crippen molar-refractivity contribution >= 4 is 34.0 Å². The van der Waals surface area contributed by atoms with E-state index >= 15 is 0 Å². The first-order valence-electron chi connectivity index (χ1n) is 11.0. The lowest BCUT2D eigenvalue weighted by Gasteiger charge is -2.25. The molecule has 1 atom stereocenters. The van der Waals surface area contributed by atoms with Crippen LogP contribution in [0.3, 0.4) is 0 Å². The molecule has 0 bridgehead atoms. The molecule has 2 N–H and O–H groups in total. The number of rotatable bonds is 10.